The van der Waals surface area contributed by atoms with E-state index in [0.29, 0.717) is 6.42 Å². The highest BCUT2D eigenvalue weighted by molar-refractivity contribution is 6.77. The fourth-order valence-electron chi connectivity index (χ4n) is 4.96. The highest BCUT2D eigenvalue weighted by Gasteiger charge is 2.44. The molecule has 0 amide bonds. The third kappa shape index (κ3) is 20.3. The summed E-state index contributed by atoms with van der Waals surface area (Å²) < 4.78 is 5.40. The molecule has 8 heteroatoms. The smallest absolute Gasteiger partial charge is 0.337 e. The quantitative estimate of drug-likeness (QED) is 0.0704. The maximum absolute atomic E-state index is 11.6. The third-order valence-electron chi connectivity index (χ3n) is 7.35. The van der Waals surface area contributed by atoms with E-state index in [2.05, 4.69) is 20.0 Å². The van der Waals surface area contributed by atoms with E-state index < -0.39 is 44.4 Å². The molecule has 0 aromatic carbocycles. The molecule has 0 aliphatic heterocycles. The molecule has 0 rings (SSSR count). The monoisotopic (exact) mass is 544 g/mol. The first-order valence-corrected chi connectivity index (χ1v) is 18.3. The molecule has 0 aliphatic rings. The Bertz CT molecular complexity index is 605. The second kappa shape index (κ2) is 21.5. The van der Waals surface area contributed by atoms with Crippen LogP contribution in [0.3, 0.4) is 0 Å². The van der Waals surface area contributed by atoms with Gasteiger partial charge in [-0.05, 0) is 6.42 Å². The van der Waals surface area contributed by atoms with Gasteiger partial charge in [0.1, 0.15) is 0 Å². The van der Waals surface area contributed by atoms with Crippen LogP contribution in [-0.2, 0) is 19.1 Å². The molecule has 0 unspecified atom stereocenters. The second-order valence-electron chi connectivity index (χ2n) is 11.6. The second-order valence-corrected chi connectivity index (χ2v) is 16.9. The average Bonchev–Trinajstić information content (AvgIpc) is 2.80. The highest BCUT2D eigenvalue weighted by atomic mass is 28.3. The van der Waals surface area contributed by atoms with Gasteiger partial charge in [-0.2, -0.15) is 0 Å². The zero-order chi connectivity index (χ0) is 28.0. The maximum atomic E-state index is 11.6. The number of hydrogen-bond acceptors (Lipinski definition) is 4. The Hall–Kier alpha value is -1.41. The van der Waals surface area contributed by atoms with Crippen molar-refractivity contribution in [2.24, 2.45) is 0 Å². The Morgan fingerprint density at radius 1 is 0.595 bits per heavy atom. The number of carbonyl (C=O) groups is 3. The molecule has 37 heavy (non-hydrogen) atoms. The Morgan fingerprint density at radius 3 is 1.30 bits per heavy atom. The van der Waals surface area contributed by atoms with E-state index in [1.165, 1.54) is 109 Å². The van der Waals surface area contributed by atoms with Crippen molar-refractivity contribution in [2.75, 3.05) is 6.61 Å². The van der Waals surface area contributed by atoms with Crippen molar-refractivity contribution in [1.29, 1.82) is 0 Å². The van der Waals surface area contributed by atoms with Crippen molar-refractivity contribution < 1.29 is 34.4 Å². The van der Waals surface area contributed by atoms with Crippen LogP contribution in [0.1, 0.15) is 129 Å². The molecule has 0 aliphatic carbocycles. The number of hydrogen-bond donors (Lipinski definition) is 3. The zero-order valence-corrected chi connectivity index (χ0v) is 25.0. The lowest BCUT2D eigenvalue weighted by molar-refractivity contribution is -0.178. The number of ether oxygens (including phenoxy) is 1. The van der Waals surface area contributed by atoms with E-state index in [4.69, 9.17) is 14.9 Å². The van der Waals surface area contributed by atoms with E-state index in [1.54, 1.807) is 0 Å². The van der Waals surface area contributed by atoms with Gasteiger partial charge in [0.25, 0.3) is 0 Å². The SMILES string of the molecule is CCCCCCCCCCCCCCCCCC[Si](C)(C)CCCOC(CC(=O)O)(CC(=O)O)C(=O)O. The third-order valence-corrected chi connectivity index (χ3v) is 10.8. The number of unbranched alkanes of at least 4 members (excludes halogenated alkanes) is 15. The van der Waals surface area contributed by atoms with Crippen molar-refractivity contribution in [3.8, 4) is 0 Å². The van der Waals surface area contributed by atoms with E-state index in [0.717, 1.165) is 6.04 Å². The highest BCUT2D eigenvalue weighted by Crippen LogP contribution is 2.25. The maximum Gasteiger partial charge on any atom is 0.337 e. The Labute approximate surface area is 226 Å². The number of carboxylic acids is 3. The number of carboxylic acid groups (broad SMARTS) is 3. The minimum atomic E-state index is -2.21. The summed E-state index contributed by atoms with van der Waals surface area (Å²) in [5.74, 6) is -4.31. The van der Waals surface area contributed by atoms with Gasteiger partial charge in [-0.3, -0.25) is 9.59 Å². The fraction of sp³-hybridized carbons (Fsp3) is 0.897. The van der Waals surface area contributed by atoms with Crippen molar-refractivity contribution in [1.82, 2.24) is 0 Å². The first-order valence-electron chi connectivity index (χ1n) is 14.9. The minimum absolute atomic E-state index is 0.0578. The predicted molar refractivity (Wildman–Crippen MR) is 152 cm³/mol. The van der Waals surface area contributed by atoms with Crippen LogP contribution in [0.25, 0.3) is 0 Å². The standard InChI is InChI=1S/C29H56O7Si/c1-4-5-6-7-8-9-10-11-12-13-14-15-16-17-18-19-22-37(2,3)23-20-21-36-29(28(34)35,24-26(30)31)25-27(32)33/h4-25H2,1-3H3,(H,30,31)(H,32,33)(H,34,35). The molecule has 0 heterocycles. The van der Waals surface area contributed by atoms with Crippen LogP contribution >= 0.6 is 0 Å². The van der Waals surface area contributed by atoms with Crippen LogP contribution in [-0.4, -0.2) is 53.5 Å². The van der Waals surface area contributed by atoms with Crippen LogP contribution in [0.2, 0.25) is 25.2 Å². The molecular weight excluding hydrogens is 488 g/mol. The number of aliphatic carboxylic acids is 3. The summed E-state index contributed by atoms with van der Waals surface area (Å²) in [4.78, 5) is 33.8. The normalized spacial score (nSPS) is 12.1. The van der Waals surface area contributed by atoms with Crippen molar-refractivity contribution in [3.05, 3.63) is 0 Å². The van der Waals surface area contributed by atoms with E-state index in [9.17, 15) is 19.5 Å². The molecule has 0 radical (unpaired) electrons. The van der Waals surface area contributed by atoms with E-state index in [1.807, 2.05) is 0 Å². The molecule has 7 nitrogen and oxygen atoms in total. The zero-order valence-electron chi connectivity index (χ0n) is 24.0. The van der Waals surface area contributed by atoms with Gasteiger partial charge < -0.3 is 20.1 Å². The summed E-state index contributed by atoms with van der Waals surface area (Å²) in [7, 11) is -1.46. The lowest BCUT2D eigenvalue weighted by Crippen LogP contribution is -2.46. The van der Waals surface area contributed by atoms with Gasteiger partial charge in [0.05, 0.1) is 12.8 Å². The summed E-state index contributed by atoms with van der Waals surface area (Å²) >= 11 is 0. The van der Waals surface area contributed by atoms with Gasteiger partial charge in [-0.1, -0.05) is 135 Å². The minimum Gasteiger partial charge on any atom is -0.481 e. The number of rotatable bonds is 27. The van der Waals surface area contributed by atoms with Crippen LogP contribution in [0.5, 0.6) is 0 Å². The average molecular weight is 545 g/mol. The lowest BCUT2D eigenvalue weighted by Gasteiger charge is -2.28. The van der Waals surface area contributed by atoms with Gasteiger partial charge in [0.15, 0.2) is 5.60 Å². The molecule has 0 saturated heterocycles. The molecule has 218 valence electrons. The molecule has 0 saturated carbocycles. The summed E-state index contributed by atoms with van der Waals surface area (Å²) in [6.45, 7) is 6.96. The summed E-state index contributed by atoms with van der Waals surface area (Å²) in [6.07, 6.45) is 20.6. The van der Waals surface area contributed by atoms with Crippen LogP contribution in [0, 0.1) is 0 Å². The molecule has 0 fully saturated rings. The van der Waals surface area contributed by atoms with Crippen LogP contribution in [0.4, 0.5) is 0 Å². The summed E-state index contributed by atoms with van der Waals surface area (Å²) in [5, 5.41) is 27.5. The topological polar surface area (TPSA) is 121 Å². The van der Waals surface area contributed by atoms with Crippen LogP contribution < -0.4 is 0 Å². The lowest BCUT2D eigenvalue weighted by atomic mass is 9.95. The molecule has 3 N–H and O–H groups in total. The largest absolute Gasteiger partial charge is 0.481 e. The van der Waals surface area contributed by atoms with Crippen molar-refractivity contribution in [3.63, 3.8) is 0 Å². The van der Waals surface area contributed by atoms with Gasteiger partial charge in [-0.15, -0.1) is 0 Å². The van der Waals surface area contributed by atoms with Gasteiger partial charge >= 0.3 is 17.9 Å². The molecule has 0 spiro atoms. The Balaban J connectivity index is 3.86. The van der Waals surface area contributed by atoms with Gasteiger partial charge in [0.2, 0.25) is 0 Å². The Morgan fingerprint density at radius 2 is 0.946 bits per heavy atom. The molecule has 0 atom stereocenters. The van der Waals surface area contributed by atoms with Crippen molar-refractivity contribution >= 4 is 26.0 Å². The van der Waals surface area contributed by atoms with Gasteiger partial charge in [-0.25, -0.2) is 4.79 Å². The molecule has 0 aromatic rings. The summed E-state index contributed by atoms with van der Waals surface area (Å²) in [6, 6.07) is 2.15. The fourth-order valence-corrected chi connectivity index (χ4v) is 7.52. The summed E-state index contributed by atoms with van der Waals surface area (Å²) in [5.41, 5.74) is -2.21. The first-order chi connectivity index (χ1) is 17.5. The molecular formula is C29H56O7Si. The van der Waals surface area contributed by atoms with E-state index >= 15 is 0 Å². The van der Waals surface area contributed by atoms with Crippen LogP contribution in [0.15, 0.2) is 0 Å². The predicted octanol–water partition coefficient (Wildman–Crippen LogP) is 8.14. The van der Waals surface area contributed by atoms with Gasteiger partial charge in [0, 0.05) is 14.7 Å². The molecule has 0 bridgehead atoms. The Kier molecular flexibility index (Phi) is 20.7. The van der Waals surface area contributed by atoms with E-state index in [-0.39, 0.29) is 6.61 Å². The van der Waals surface area contributed by atoms with Crippen molar-refractivity contribution in [2.45, 2.75) is 160 Å². The molecule has 0 aromatic heterocycles. The first kappa shape index (κ1) is 35.6.